The summed E-state index contributed by atoms with van der Waals surface area (Å²) in [6, 6.07) is 11.0. The van der Waals surface area contributed by atoms with Crippen LogP contribution in [0.25, 0.3) is 0 Å². The maximum absolute atomic E-state index is 12.7. The number of sulfonamides is 1. The molecule has 2 rings (SSSR count). The number of nitrogens with zero attached hydrogens (tertiary/aromatic N) is 1. The van der Waals surface area contributed by atoms with Crippen LogP contribution >= 0.6 is 23.2 Å². The summed E-state index contributed by atoms with van der Waals surface area (Å²) in [6.45, 7) is 3.70. The second-order valence-electron chi connectivity index (χ2n) is 6.13. The van der Waals surface area contributed by atoms with Crippen LogP contribution in [0.15, 0.2) is 47.4 Å². The standard InChI is InChI=1S/C19H22Cl2N2O4S/c1-4-27-18-10-9-16(11-17(18)21)28(25,26)23(3)12-19(24)22-13(2)14-5-7-15(20)8-6-14/h5-11,13H,4,12H2,1-3H3,(H,22,24). The second-order valence-corrected chi connectivity index (χ2v) is 9.02. The number of hydrogen-bond acceptors (Lipinski definition) is 4. The lowest BCUT2D eigenvalue weighted by molar-refractivity contribution is -0.121. The van der Waals surface area contributed by atoms with Crippen LogP contribution in [0.5, 0.6) is 5.75 Å². The van der Waals surface area contributed by atoms with E-state index in [4.69, 9.17) is 27.9 Å². The number of ether oxygens (including phenoxy) is 1. The Morgan fingerprint density at radius 1 is 1.18 bits per heavy atom. The Morgan fingerprint density at radius 3 is 2.39 bits per heavy atom. The normalized spacial score (nSPS) is 12.6. The van der Waals surface area contributed by atoms with Crippen LogP contribution in [0.4, 0.5) is 0 Å². The van der Waals surface area contributed by atoms with E-state index in [1.54, 1.807) is 31.2 Å². The van der Waals surface area contributed by atoms with Gasteiger partial charge in [-0.1, -0.05) is 35.3 Å². The lowest BCUT2D eigenvalue weighted by Crippen LogP contribution is -2.39. The molecular formula is C19H22Cl2N2O4S. The number of halogens is 2. The molecule has 0 aliphatic rings. The van der Waals surface area contributed by atoms with Crippen molar-refractivity contribution in [3.05, 3.63) is 58.1 Å². The predicted octanol–water partition coefficient (Wildman–Crippen LogP) is 3.89. The van der Waals surface area contributed by atoms with Crippen molar-refractivity contribution in [3.63, 3.8) is 0 Å². The number of nitrogens with one attached hydrogen (secondary N) is 1. The summed E-state index contributed by atoms with van der Waals surface area (Å²) in [7, 11) is -2.54. The van der Waals surface area contributed by atoms with Gasteiger partial charge in [-0.05, 0) is 49.7 Å². The highest BCUT2D eigenvalue weighted by Crippen LogP contribution is 2.28. The maximum Gasteiger partial charge on any atom is 0.243 e. The monoisotopic (exact) mass is 444 g/mol. The zero-order valence-electron chi connectivity index (χ0n) is 15.8. The molecule has 9 heteroatoms. The third-order valence-corrected chi connectivity index (χ3v) is 6.37. The van der Waals surface area contributed by atoms with E-state index in [2.05, 4.69) is 5.32 Å². The molecule has 28 heavy (non-hydrogen) atoms. The Balaban J connectivity index is 2.05. The third-order valence-electron chi connectivity index (χ3n) is 4.03. The zero-order chi connectivity index (χ0) is 20.9. The van der Waals surface area contributed by atoms with Gasteiger partial charge in [0.15, 0.2) is 0 Å². The highest BCUT2D eigenvalue weighted by molar-refractivity contribution is 7.89. The summed E-state index contributed by atoms with van der Waals surface area (Å²) in [5.41, 5.74) is 0.863. The third kappa shape index (κ3) is 5.61. The van der Waals surface area contributed by atoms with Gasteiger partial charge in [-0.15, -0.1) is 0 Å². The van der Waals surface area contributed by atoms with E-state index in [1.165, 1.54) is 25.2 Å². The zero-order valence-corrected chi connectivity index (χ0v) is 18.1. The number of rotatable bonds is 8. The molecule has 0 heterocycles. The lowest BCUT2D eigenvalue weighted by atomic mass is 10.1. The van der Waals surface area contributed by atoms with Crippen LogP contribution in [0.2, 0.25) is 10.0 Å². The minimum atomic E-state index is -3.88. The minimum absolute atomic E-state index is 0.0120. The van der Waals surface area contributed by atoms with E-state index in [0.717, 1.165) is 9.87 Å². The van der Waals surface area contributed by atoms with Gasteiger partial charge in [-0.25, -0.2) is 8.42 Å². The first kappa shape index (κ1) is 22.5. The van der Waals surface area contributed by atoms with Crippen LogP contribution in [-0.2, 0) is 14.8 Å². The van der Waals surface area contributed by atoms with Gasteiger partial charge in [0.1, 0.15) is 5.75 Å². The molecule has 1 atom stereocenters. The fourth-order valence-electron chi connectivity index (χ4n) is 2.50. The summed E-state index contributed by atoms with van der Waals surface area (Å²) in [5.74, 6) is -0.0224. The first-order valence-corrected chi connectivity index (χ1v) is 10.8. The average molecular weight is 445 g/mol. The predicted molar refractivity (Wildman–Crippen MR) is 110 cm³/mol. The van der Waals surface area contributed by atoms with Gasteiger partial charge < -0.3 is 10.1 Å². The summed E-state index contributed by atoms with van der Waals surface area (Å²) in [6.07, 6.45) is 0. The van der Waals surface area contributed by atoms with Crippen LogP contribution in [0.3, 0.4) is 0 Å². The smallest absolute Gasteiger partial charge is 0.243 e. The molecule has 1 N–H and O–H groups in total. The van der Waals surface area contributed by atoms with Gasteiger partial charge >= 0.3 is 0 Å². The molecule has 2 aromatic carbocycles. The Hall–Kier alpha value is -1.80. The molecule has 6 nitrogen and oxygen atoms in total. The molecule has 0 saturated carbocycles. The molecule has 152 valence electrons. The first-order chi connectivity index (χ1) is 13.1. The highest BCUT2D eigenvalue weighted by atomic mass is 35.5. The fraction of sp³-hybridized carbons (Fsp3) is 0.316. The summed E-state index contributed by atoms with van der Waals surface area (Å²) in [5, 5.41) is 3.56. The van der Waals surface area contributed by atoms with Gasteiger partial charge in [-0.3, -0.25) is 4.79 Å². The minimum Gasteiger partial charge on any atom is -0.492 e. The second kappa shape index (κ2) is 9.60. The molecule has 0 aliphatic heterocycles. The number of carbonyl (C=O) groups excluding carboxylic acids is 1. The molecule has 0 aliphatic carbocycles. The van der Waals surface area contributed by atoms with Crippen molar-refractivity contribution in [2.24, 2.45) is 0 Å². The first-order valence-electron chi connectivity index (χ1n) is 8.58. The Bertz CT molecular complexity index is 933. The number of carbonyl (C=O) groups is 1. The quantitative estimate of drug-likeness (QED) is 0.669. The van der Waals surface area contributed by atoms with E-state index in [1.807, 2.05) is 6.92 Å². The largest absolute Gasteiger partial charge is 0.492 e. The van der Waals surface area contributed by atoms with Crippen molar-refractivity contribution in [2.45, 2.75) is 24.8 Å². The van der Waals surface area contributed by atoms with E-state index < -0.39 is 15.9 Å². The average Bonchev–Trinajstić information content (AvgIpc) is 2.63. The van der Waals surface area contributed by atoms with Crippen LogP contribution in [-0.4, -0.2) is 38.8 Å². The number of benzene rings is 2. The SMILES string of the molecule is CCOc1ccc(S(=O)(=O)N(C)CC(=O)NC(C)c2ccc(Cl)cc2)cc1Cl. The van der Waals surface area contributed by atoms with Gasteiger partial charge in [-0.2, -0.15) is 4.31 Å². The molecule has 0 fully saturated rings. The van der Waals surface area contributed by atoms with Crippen LogP contribution < -0.4 is 10.1 Å². The van der Waals surface area contributed by atoms with Crippen LogP contribution in [0, 0.1) is 0 Å². The van der Waals surface area contributed by atoms with Crippen molar-refractivity contribution in [3.8, 4) is 5.75 Å². The summed E-state index contributed by atoms with van der Waals surface area (Å²) >= 11 is 11.9. The Kier molecular flexibility index (Phi) is 7.71. The summed E-state index contributed by atoms with van der Waals surface area (Å²) < 4.78 is 31.7. The molecule has 0 saturated heterocycles. The van der Waals surface area contributed by atoms with Gasteiger partial charge in [0, 0.05) is 12.1 Å². The number of hydrogen-bond donors (Lipinski definition) is 1. The van der Waals surface area contributed by atoms with Gasteiger partial charge in [0.25, 0.3) is 0 Å². The maximum atomic E-state index is 12.7. The van der Waals surface area contributed by atoms with Crippen molar-refractivity contribution in [2.75, 3.05) is 20.2 Å². The molecule has 1 amide bonds. The molecule has 0 spiro atoms. The van der Waals surface area contributed by atoms with Crippen molar-refractivity contribution in [1.29, 1.82) is 0 Å². The van der Waals surface area contributed by atoms with E-state index >= 15 is 0 Å². The van der Waals surface area contributed by atoms with Crippen molar-refractivity contribution >= 4 is 39.1 Å². The van der Waals surface area contributed by atoms with Crippen molar-refractivity contribution < 1.29 is 17.9 Å². The molecule has 0 bridgehead atoms. The van der Waals surface area contributed by atoms with E-state index in [9.17, 15) is 13.2 Å². The number of amides is 1. The molecular weight excluding hydrogens is 423 g/mol. The van der Waals surface area contributed by atoms with Gasteiger partial charge in [0.2, 0.25) is 15.9 Å². The highest BCUT2D eigenvalue weighted by Gasteiger charge is 2.24. The fourth-order valence-corrected chi connectivity index (χ4v) is 4.08. The van der Waals surface area contributed by atoms with E-state index in [0.29, 0.717) is 17.4 Å². The topological polar surface area (TPSA) is 75.7 Å². The van der Waals surface area contributed by atoms with Crippen LogP contribution in [0.1, 0.15) is 25.5 Å². The lowest BCUT2D eigenvalue weighted by Gasteiger charge is -2.20. The van der Waals surface area contributed by atoms with Gasteiger partial charge in [0.05, 0.1) is 29.1 Å². The molecule has 2 aromatic rings. The number of likely N-dealkylation sites (N-methyl/N-ethyl adjacent to an activating group) is 1. The summed E-state index contributed by atoms with van der Waals surface area (Å²) in [4.78, 5) is 12.3. The van der Waals surface area contributed by atoms with Crippen molar-refractivity contribution in [1.82, 2.24) is 9.62 Å². The molecule has 0 radical (unpaired) electrons. The van der Waals surface area contributed by atoms with E-state index in [-0.39, 0.29) is 22.5 Å². The molecule has 1 unspecified atom stereocenters. The molecule has 0 aromatic heterocycles. The Morgan fingerprint density at radius 2 is 1.82 bits per heavy atom. The Labute approximate surface area is 175 Å².